The average molecular weight is 381 g/mol. The van der Waals surface area contributed by atoms with Crippen molar-refractivity contribution in [2.75, 3.05) is 31.6 Å². The van der Waals surface area contributed by atoms with Crippen LogP contribution in [0.1, 0.15) is 53.2 Å². The molecule has 2 heterocycles. The zero-order valence-corrected chi connectivity index (χ0v) is 17.3. The predicted octanol–water partition coefficient (Wildman–Crippen LogP) is 3.03. The van der Waals surface area contributed by atoms with Crippen LogP contribution in [-0.4, -0.2) is 60.5 Å². The third kappa shape index (κ3) is 5.14. The van der Waals surface area contributed by atoms with Crippen molar-refractivity contribution in [3.63, 3.8) is 0 Å². The van der Waals surface area contributed by atoms with E-state index in [4.69, 9.17) is 14.0 Å². The van der Waals surface area contributed by atoms with Gasteiger partial charge in [-0.1, -0.05) is 19.0 Å². The summed E-state index contributed by atoms with van der Waals surface area (Å²) in [5, 5.41) is 4.13. The summed E-state index contributed by atoms with van der Waals surface area (Å²) >= 11 is 0. The van der Waals surface area contributed by atoms with Crippen molar-refractivity contribution in [2.45, 2.75) is 59.1 Å². The van der Waals surface area contributed by atoms with Gasteiger partial charge in [-0.15, -0.1) is 0 Å². The van der Waals surface area contributed by atoms with Crippen LogP contribution in [0.2, 0.25) is 0 Å². The van der Waals surface area contributed by atoms with Gasteiger partial charge in [0, 0.05) is 31.7 Å². The fraction of sp³-hybridized carbons (Fsp3) is 0.737. The van der Waals surface area contributed by atoms with Gasteiger partial charge in [-0.2, -0.15) is 0 Å². The maximum absolute atomic E-state index is 12.3. The van der Waals surface area contributed by atoms with Gasteiger partial charge >= 0.3 is 12.1 Å². The lowest BCUT2D eigenvalue weighted by Crippen LogP contribution is -2.55. The second-order valence-electron chi connectivity index (χ2n) is 8.30. The van der Waals surface area contributed by atoms with Gasteiger partial charge in [-0.25, -0.2) is 4.79 Å². The summed E-state index contributed by atoms with van der Waals surface area (Å²) in [5.41, 5.74) is -0.519. The number of hydrogen-bond donors (Lipinski definition) is 0. The highest BCUT2D eigenvalue weighted by molar-refractivity contribution is 5.77. The van der Waals surface area contributed by atoms with Crippen LogP contribution in [0, 0.1) is 5.92 Å². The summed E-state index contributed by atoms with van der Waals surface area (Å²) < 4.78 is 15.8. The first kappa shape index (κ1) is 21.1. The Labute approximate surface area is 160 Å². The molecule has 8 nitrogen and oxygen atoms in total. The zero-order chi connectivity index (χ0) is 20.4. The van der Waals surface area contributed by atoms with Crippen LogP contribution in [0.15, 0.2) is 10.6 Å². The molecule has 152 valence electrons. The molecule has 0 spiro atoms. The number of nitrogens with zero attached hydrogens (tertiary/aromatic N) is 3. The van der Waals surface area contributed by atoms with Crippen molar-refractivity contribution in [3.8, 4) is 0 Å². The number of aromatic nitrogens is 1. The topological polar surface area (TPSA) is 85.1 Å². The van der Waals surface area contributed by atoms with Gasteiger partial charge in [0.15, 0.2) is 11.6 Å². The van der Waals surface area contributed by atoms with Gasteiger partial charge in [0.05, 0.1) is 7.11 Å². The van der Waals surface area contributed by atoms with Crippen LogP contribution in [0.25, 0.3) is 0 Å². The summed E-state index contributed by atoms with van der Waals surface area (Å²) in [5.74, 6) is 0.359. The van der Waals surface area contributed by atoms with E-state index in [9.17, 15) is 9.59 Å². The van der Waals surface area contributed by atoms with Crippen molar-refractivity contribution in [2.24, 2.45) is 5.92 Å². The van der Waals surface area contributed by atoms with Crippen LogP contribution in [0.5, 0.6) is 0 Å². The van der Waals surface area contributed by atoms with Crippen molar-refractivity contribution >= 4 is 17.9 Å². The number of carbonyl (C=O) groups is 2. The quantitative estimate of drug-likeness (QED) is 0.741. The van der Waals surface area contributed by atoms with Crippen LogP contribution >= 0.6 is 0 Å². The summed E-state index contributed by atoms with van der Waals surface area (Å²) in [4.78, 5) is 28.2. The van der Waals surface area contributed by atoms with Crippen LogP contribution in [-0.2, 0) is 14.3 Å². The van der Waals surface area contributed by atoms with E-state index < -0.39 is 11.5 Å². The number of piperazine rings is 1. The Hall–Kier alpha value is -2.25. The summed E-state index contributed by atoms with van der Waals surface area (Å²) in [6.07, 6.45) is -0.305. The Bertz CT molecular complexity index is 665. The molecule has 1 amide bonds. The molecule has 2 atom stereocenters. The van der Waals surface area contributed by atoms with E-state index in [1.54, 1.807) is 11.0 Å². The van der Waals surface area contributed by atoms with E-state index in [-0.39, 0.29) is 24.0 Å². The Morgan fingerprint density at radius 2 is 1.96 bits per heavy atom. The first-order valence-electron chi connectivity index (χ1n) is 9.32. The number of carbonyl (C=O) groups excluding carboxylic acids is 2. The first-order valence-corrected chi connectivity index (χ1v) is 9.32. The summed E-state index contributed by atoms with van der Waals surface area (Å²) in [6.45, 7) is 13.2. The Balaban J connectivity index is 2.06. The lowest BCUT2D eigenvalue weighted by atomic mass is 9.93. The smallest absolute Gasteiger partial charge is 0.410 e. The monoisotopic (exact) mass is 381 g/mol. The minimum atomic E-state index is -0.519. The number of anilines is 1. The van der Waals surface area contributed by atoms with Crippen LogP contribution < -0.4 is 4.90 Å². The second-order valence-corrected chi connectivity index (χ2v) is 8.30. The third-order valence-corrected chi connectivity index (χ3v) is 4.52. The van der Waals surface area contributed by atoms with Crippen molar-refractivity contribution in [1.82, 2.24) is 10.1 Å². The highest BCUT2D eigenvalue weighted by atomic mass is 16.6. The number of methoxy groups -OCH3 is 1. The molecule has 0 saturated carbocycles. The van der Waals surface area contributed by atoms with Gasteiger partial charge in [0.1, 0.15) is 11.5 Å². The molecule has 0 aromatic carbocycles. The summed E-state index contributed by atoms with van der Waals surface area (Å²) in [7, 11) is 1.37. The summed E-state index contributed by atoms with van der Waals surface area (Å²) in [6, 6.07) is 1.76. The molecule has 0 aliphatic carbocycles. The molecule has 1 fully saturated rings. The van der Waals surface area contributed by atoms with Gasteiger partial charge in [-0.05, 0) is 33.6 Å². The molecule has 27 heavy (non-hydrogen) atoms. The second kappa shape index (κ2) is 8.19. The van der Waals surface area contributed by atoms with E-state index in [1.807, 2.05) is 46.4 Å². The highest BCUT2D eigenvalue weighted by Gasteiger charge is 2.34. The molecule has 1 aromatic heterocycles. The van der Waals surface area contributed by atoms with E-state index in [0.29, 0.717) is 31.2 Å². The molecular weight excluding hydrogens is 350 g/mol. The molecule has 1 aliphatic rings. The van der Waals surface area contributed by atoms with Gasteiger partial charge < -0.3 is 23.8 Å². The number of amides is 1. The molecule has 0 bridgehead atoms. The maximum Gasteiger partial charge on any atom is 0.410 e. The molecule has 1 saturated heterocycles. The Kier molecular flexibility index (Phi) is 6.38. The molecule has 0 N–H and O–H groups in total. The SMILES string of the molecule is COC(=O)C(c1cc(N2CCN(C(=O)OC(C)(C)C)[C@H](C)C2)no1)C(C)C. The van der Waals surface area contributed by atoms with E-state index in [2.05, 4.69) is 5.16 Å². The molecule has 8 heteroatoms. The fourth-order valence-corrected chi connectivity index (χ4v) is 3.18. The minimum absolute atomic E-state index is 0.0289. The van der Waals surface area contributed by atoms with Crippen molar-refractivity contribution < 1.29 is 23.6 Å². The molecule has 2 rings (SSSR count). The predicted molar refractivity (Wildman–Crippen MR) is 101 cm³/mol. The molecule has 1 aliphatic heterocycles. The number of esters is 1. The first-order chi connectivity index (χ1) is 12.5. The lowest BCUT2D eigenvalue weighted by molar-refractivity contribution is -0.144. The molecule has 1 aromatic rings. The lowest BCUT2D eigenvalue weighted by Gasteiger charge is -2.40. The Morgan fingerprint density at radius 1 is 1.30 bits per heavy atom. The molecule has 1 unspecified atom stereocenters. The normalized spacial score (nSPS) is 19.2. The number of rotatable bonds is 4. The van der Waals surface area contributed by atoms with Gasteiger partial charge in [0.2, 0.25) is 0 Å². The molecular formula is C19H31N3O5. The highest BCUT2D eigenvalue weighted by Crippen LogP contribution is 2.29. The fourth-order valence-electron chi connectivity index (χ4n) is 3.18. The average Bonchev–Trinajstić information content (AvgIpc) is 3.02. The number of hydrogen-bond acceptors (Lipinski definition) is 7. The van der Waals surface area contributed by atoms with Gasteiger partial charge in [0.25, 0.3) is 0 Å². The van der Waals surface area contributed by atoms with Crippen LogP contribution in [0.3, 0.4) is 0 Å². The zero-order valence-electron chi connectivity index (χ0n) is 17.3. The van der Waals surface area contributed by atoms with Crippen LogP contribution in [0.4, 0.5) is 10.6 Å². The minimum Gasteiger partial charge on any atom is -0.468 e. The van der Waals surface area contributed by atoms with E-state index in [0.717, 1.165) is 0 Å². The Morgan fingerprint density at radius 3 is 2.48 bits per heavy atom. The van der Waals surface area contributed by atoms with Crippen molar-refractivity contribution in [1.29, 1.82) is 0 Å². The van der Waals surface area contributed by atoms with Crippen molar-refractivity contribution in [3.05, 3.63) is 11.8 Å². The standard InChI is InChI=1S/C19H31N3O5/c1-12(2)16(17(23)25-7)14-10-15(20-27-14)21-8-9-22(13(3)11-21)18(24)26-19(4,5)6/h10,12-13,16H,8-9,11H2,1-7H3/t13-,16?/m1/s1. The maximum atomic E-state index is 12.3. The van der Waals surface area contributed by atoms with E-state index in [1.165, 1.54) is 7.11 Å². The van der Waals surface area contributed by atoms with Gasteiger partial charge in [-0.3, -0.25) is 4.79 Å². The van der Waals surface area contributed by atoms with E-state index >= 15 is 0 Å². The molecule has 0 radical (unpaired) electrons. The third-order valence-electron chi connectivity index (χ3n) is 4.52. The number of ether oxygens (including phenoxy) is 2. The largest absolute Gasteiger partial charge is 0.468 e.